The van der Waals surface area contributed by atoms with Crippen LogP contribution in [0.1, 0.15) is 26.2 Å². The molecule has 3 unspecified atom stereocenters. The van der Waals surface area contributed by atoms with Crippen molar-refractivity contribution in [2.24, 2.45) is 0 Å². The molecule has 0 radical (unpaired) electrons. The van der Waals surface area contributed by atoms with E-state index < -0.39 is 16.0 Å². The molecule has 0 amide bonds. The zero-order chi connectivity index (χ0) is 15.0. The largest absolute Gasteiger partial charge is 0.395 e. The van der Waals surface area contributed by atoms with Gasteiger partial charge in [-0.25, -0.2) is 0 Å². The Labute approximate surface area is 116 Å². The van der Waals surface area contributed by atoms with Gasteiger partial charge in [-0.2, -0.15) is 0 Å². The van der Waals surface area contributed by atoms with Crippen LogP contribution in [0.2, 0.25) is 0 Å². The van der Waals surface area contributed by atoms with Crippen LogP contribution in [0.25, 0.3) is 0 Å². The summed E-state index contributed by atoms with van der Waals surface area (Å²) in [5, 5.41) is 32.3. The predicted octanol–water partition coefficient (Wildman–Crippen LogP) is 0.454. The standard InChI is InChI=1S/C12H19N3O5/c1-2-10(6-16)13-8-11(14(17)18)4-3-5-12(7-11,9-13)15(19)20/h3-4,10,16H,2,5-9H2,1H3. The fourth-order valence-electron chi connectivity index (χ4n) is 3.35. The van der Waals surface area contributed by atoms with Crippen molar-refractivity contribution < 1.29 is 15.0 Å². The lowest BCUT2D eigenvalue weighted by molar-refractivity contribution is -0.620. The van der Waals surface area contributed by atoms with Crippen molar-refractivity contribution in [1.82, 2.24) is 4.90 Å². The van der Waals surface area contributed by atoms with Crippen molar-refractivity contribution in [2.75, 3.05) is 19.7 Å². The molecule has 0 aromatic rings. The fourth-order valence-corrected chi connectivity index (χ4v) is 3.35. The zero-order valence-corrected chi connectivity index (χ0v) is 11.4. The van der Waals surface area contributed by atoms with Gasteiger partial charge in [-0.1, -0.05) is 13.0 Å². The third kappa shape index (κ3) is 2.18. The van der Waals surface area contributed by atoms with E-state index in [1.165, 1.54) is 6.08 Å². The molecule has 8 heteroatoms. The van der Waals surface area contributed by atoms with Crippen LogP contribution in [0.3, 0.4) is 0 Å². The number of hydrogen-bond acceptors (Lipinski definition) is 6. The molecule has 0 saturated carbocycles. The van der Waals surface area contributed by atoms with Gasteiger partial charge < -0.3 is 5.11 Å². The monoisotopic (exact) mass is 285 g/mol. The second kappa shape index (κ2) is 5.10. The molecule has 0 aromatic heterocycles. The molecule has 1 heterocycles. The average molecular weight is 285 g/mol. The number of hydrogen-bond donors (Lipinski definition) is 1. The molecule has 112 valence electrons. The van der Waals surface area contributed by atoms with Gasteiger partial charge in [-0.15, -0.1) is 0 Å². The quantitative estimate of drug-likeness (QED) is 0.446. The minimum Gasteiger partial charge on any atom is -0.395 e. The maximum atomic E-state index is 11.5. The molecule has 2 bridgehead atoms. The number of likely N-dealkylation sites (tertiary alicyclic amines) is 1. The lowest BCUT2D eigenvalue weighted by Crippen LogP contribution is -2.67. The number of nitro groups is 2. The van der Waals surface area contributed by atoms with Gasteiger partial charge in [-0.05, 0) is 12.5 Å². The summed E-state index contributed by atoms with van der Waals surface area (Å²) in [6.45, 7) is 1.98. The van der Waals surface area contributed by atoms with Gasteiger partial charge in [0.1, 0.15) is 0 Å². The Morgan fingerprint density at radius 3 is 2.55 bits per heavy atom. The molecule has 1 aliphatic heterocycles. The van der Waals surface area contributed by atoms with Crippen LogP contribution in [0.5, 0.6) is 0 Å². The van der Waals surface area contributed by atoms with Crippen LogP contribution in [0.4, 0.5) is 0 Å². The first-order chi connectivity index (χ1) is 9.39. The zero-order valence-electron chi connectivity index (χ0n) is 11.4. The van der Waals surface area contributed by atoms with Gasteiger partial charge in [-0.3, -0.25) is 25.1 Å². The summed E-state index contributed by atoms with van der Waals surface area (Å²) in [4.78, 5) is 23.8. The molecule has 1 aliphatic carbocycles. The first-order valence-corrected chi connectivity index (χ1v) is 6.71. The van der Waals surface area contributed by atoms with Gasteiger partial charge in [0.15, 0.2) is 0 Å². The van der Waals surface area contributed by atoms with E-state index in [4.69, 9.17) is 0 Å². The lowest BCUT2D eigenvalue weighted by atomic mass is 9.71. The highest BCUT2D eigenvalue weighted by Gasteiger charge is 2.62. The maximum Gasteiger partial charge on any atom is 0.259 e. The maximum absolute atomic E-state index is 11.5. The summed E-state index contributed by atoms with van der Waals surface area (Å²) in [5.74, 6) is 0. The van der Waals surface area contributed by atoms with Crippen LogP contribution >= 0.6 is 0 Å². The fraction of sp³-hybridized carbons (Fsp3) is 0.833. The summed E-state index contributed by atoms with van der Waals surface area (Å²) >= 11 is 0. The van der Waals surface area contributed by atoms with Crippen LogP contribution < -0.4 is 0 Å². The topological polar surface area (TPSA) is 110 Å². The number of fused-ring (bicyclic) bond motifs is 2. The van der Waals surface area contributed by atoms with E-state index in [9.17, 15) is 25.3 Å². The molecule has 1 N–H and O–H groups in total. The number of aliphatic hydroxyl groups excluding tert-OH is 1. The highest BCUT2D eigenvalue weighted by molar-refractivity contribution is 5.17. The second-order valence-corrected chi connectivity index (χ2v) is 5.78. The molecule has 3 atom stereocenters. The summed E-state index contributed by atoms with van der Waals surface area (Å²) in [6, 6.07) is -0.277. The number of nitrogens with zero attached hydrogens (tertiary/aromatic N) is 3. The Bertz CT molecular complexity index is 450. The van der Waals surface area contributed by atoms with E-state index in [0.717, 1.165) is 0 Å². The smallest absolute Gasteiger partial charge is 0.259 e. The molecule has 0 spiro atoms. The van der Waals surface area contributed by atoms with Crippen molar-refractivity contribution in [3.05, 3.63) is 32.4 Å². The van der Waals surface area contributed by atoms with Crippen LogP contribution in [-0.2, 0) is 0 Å². The summed E-state index contributed by atoms with van der Waals surface area (Å²) < 4.78 is 0. The molecule has 2 aliphatic rings. The van der Waals surface area contributed by atoms with Gasteiger partial charge in [0, 0.05) is 22.3 Å². The number of rotatable bonds is 5. The van der Waals surface area contributed by atoms with Crippen molar-refractivity contribution in [2.45, 2.75) is 43.3 Å². The van der Waals surface area contributed by atoms with E-state index in [2.05, 4.69) is 0 Å². The van der Waals surface area contributed by atoms with E-state index in [1.807, 2.05) is 6.92 Å². The molecular formula is C12H19N3O5. The minimum absolute atomic E-state index is 0.0745. The minimum atomic E-state index is -1.41. The van der Waals surface area contributed by atoms with Gasteiger partial charge in [0.05, 0.1) is 26.1 Å². The predicted molar refractivity (Wildman–Crippen MR) is 70.6 cm³/mol. The van der Waals surface area contributed by atoms with Crippen molar-refractivity contribution in [3.63, 3.8) is 0 Å². The third-order valence-corrected chi connectivity index (χ3v) is 4.48. The van der Waals surface area contributed by atoms with Crippen molar-refractivity contribution in [1.29, 1.82) is 0 Å². The molecule has 1 fully saturated rings. The summed E-state index contributed by atoms with van der Waals surface area (Å²) in [5.41, 5.74) is -2.73. The molecule has 2 rings (SSSR count). The van der Waals surface area contributed by atoms with E-state index in [0.29, 0.717) is 6.42 Å². The molecule has 8 nitrogen and oxygen atoms in total. The normalized spacial score (nSPS) is 34.7. The van der Waals surface area contributed by atoms with Crippen LogP contribution in [-0.4, -0.2) is 56.7 Å². The Morgan fingerprint density at radius 1 is 1.35 bits per heavy atom. The van der Waals surface area contributed by atoms with Crippen LogP contribution in [0, 0.1) is 20.2 Å². The van der Waals surface area contributed by atoms with E-state index in [-0.39, 0.29) is 43.5 Å². The molecular weight excluding hydrogens is 266 g/mol. The Hall–Kier alpha value is -1.54. The third-order valence-electron chi connectivity index (χ3n) is 4.48. The summed E-state index contributed by atoms with van der Waals surface area (Å²) in [6.07, 6.45) is 3.78. The Balaban J connectivity index is 2.41. The number of piperidine rings is 1. The first kappa shape index (κ1) is 14.9. The second-order valence-electron chi connectivity index (χ2n) is 5.78. The lowest BCUT2D eigenvalue weighted by Gasteiger charge is -2.46. The van der Waals surface area contributed by atoms with Gasteiger partial charge >= 0.3 is 0 Å². The van der Waals surface area contributed by atoms with E-state index in [1.54, 1.807) is 11.0 Å². The first-order valence-electron chi connectivity index (χ1n) is 6.71. The molecule has 1 saturated heterocycles. The van der Waals surface area contributed by atoms with E-state index >= 15 is 0 Å². The van der Waals surface area contributed by atoms with Gasteiger partial charge in [0.25, 0.3) is 5.54 Å². The SMILES string of the molecule is CCC(CO)N1CC2([N+](=O)[O-])C=CCC([N+](=O)[O-])(C1)C2. The van der Waals surface area contributed by atoms with Gasteiger partial charge in [0.2, 0.25) is 5.54 Å². The highest BCUT2D eigenvalue weighted by Crippen LogP contribution is 2.41. The van der Waals surface area contributed by atoms with Crippen molar-refractivity contribution >= 4 is 0 Å². The van der Waals surface area contributed by atoms with Crippen LogP contribution in [0.15, 0.2) is 12.2 Å². The number of aliphatic hydroxyl groups is 1. The Morgan fingerprint density at radius 2 is 2.05 bits per heavy atom. The molecule has 0 aromatic carbocycles. The highest BCUT2D eigenvalue weighted by atomic mass is 16.6. The van der Waals surface area contributed by atoms with Crippen molar-refractivity contribution in [3.8, 4) is 0 Å². The Kier molecular flexibility index (Phi) is 3.79. The molecule has 20 heavy (non-hydrogen) atoms. The summed E-state index contributed by atoms with van der Waals surface area (Å²) in [7, 11) is 0. The average Bonchev–Trinajstić information content (AvgIpc) is 2.39.